The number of halogens is 4. The molecule has 2 amide bonds. The molecule has 0 aromatic heterocycles. The van der Waals surface area contributed by atoms with Crippen LogP contribution in [0.2, 0.25) is 0 Å². The van der Waals surface area contributed by atoms with Crippen molar-refractivity contribution in [2.75, 3.05) is 32.2 Å². The van der Waals surface area contributed by atoms with Crippen LogP contribution < -0.4 is 21.6 Å². The van der Waals surface area contributed by atoms with Crippen LogP contribution in [-0.2, 0) is 21.0 Å². The van der Waals surface area contributed by atoms with Crippen molar-refractivity contribution in [1.29, 1.82) is 0 Å². The summed E-state index contributed by atoms with van der Waals surface area (Å²) in [6.07, 6.45) is 1.38. The normalized spacial score (nSPS) is 13.1. The third-order valence-electron chi connectivity index (χ3n) is 3.71. The van der Waals surface area contributed by atoms with Gasteiger partial charge in [-0.1, -0.05) is 20.7 Å². The molecule has 1 aliphatic heterocycles. The van der Waals surface area contributed by atoms with E-state index < -0.39 is 55.7 Å². The van der Waals surface area contributed by atoms with Crippen molar-refractivity contribution in [3.63, 3.8) is 0 Å². The van der Waals surface area contributed by atoms with Gasteiger partial charge in [-0.3, -0.25) is 19.3 Å². The van der Waals surface area contributed by atoms with E-state index in [1.165, 1.54) is 17.1 Å². The second-order valence-corrected chi connectivity index (χ2v) is 7.85. The Labute approximate surface area is 185 Å². The van der Waals surface area contributed by atoms with Gasteiger partial charge in [-0.15, -0.1) is 0 Å². The predicted octanol–water partition coefficient (Wildman–Crippen LogP) is 1.28. The molecule has 0 unspecified atom stereocenters. The van der Waals surface area contributed by atoms with E-state index in [2.05, 4.69) is 16.1 Å². The molecule has 0 spiro atoms. The highest BCUT2D eigenvalue weighted by atomic mass is 127. The van der Waals surface area contributed by atoms with Crippen molar-refractivity contribution in [2.45, 2.75) is 6.54 Å². The van der Waals surface area contributed by atoms with Gasteiger partial charge in [-0.05, 0) is 16.2 Å². The fourth-order valence-corrected chi connectivity index (χ4v) is 3.63. The van der Waals surface area contributed by atoms with Gasteiger partial charge in [-0.25, -0.2) is 18.7 Å². The predicted molar refractivity (Wildman–Crippen MR) is 115 cm³/mol. The van der Waals surface area contributed by atoms with E-state index in [4.69, 9.17) is 14.8 Å². The summed E-state index contributed by atoms with van der Waals surface area (Å²) in [6, 6.07) is 1.02. The summed E-state index contributed by atoms with van der Waals surface area (Å²) in [6.45, 7) is -1.38. The highest BCUT2D eigenvalue weighted by molar-refractivity contribution is 14.2. The van der Waals surface area contributed by atoms with Crippen LogP contribution in [0.3, 0.4) is 0 Å². The molecule has 0 radical (unpaired) electrons. The topological polar surface area (TPSA) is 121 Å². The molecular weight excluding hydrogens is 536 g/mol. The average Bonchev–Trinajstić information content (AvgIpc) is 2.76. The van der Waals surface area contributed by atoms with Crippen LogP contribution in [0, 0.1) is 11.6 Å². The number of benzene rings is 1. The number of aliphatic hydroxyl groups is 1. The number of aliphatic hydroxyl groups excluding tert-OH is 1. The molecule has 13 heteroatoms. The van der Waals surface area contributed by atoms with Crippen LogP contribution in [0.15, 0.2) is 27.7 Å². The second-order valence-electron chi connectivity index (χ2n) is 5.79. The van der Waals surface area contributed by atoms with Crippen LogP contribution in [0.25, 0.3) is 0 Å². The Morgan fingerprint density at radius 1 is 1.19 bits per heavy atom. The third kappa shape index (κ3) is 7.10. The Morgan fingerprint density at radius 2 is 1.97 bits per heavy atom. The maximum absolute atomic E-state index is 14.8. The minimum Gasteiger partial charge on any atom is -0.394 e. The Balaban J connectivity index is 2.33. The number of rotatable bonds is 11. The summed E-state index contributed by atoms with van der Waals surface area (Å²) >= 11 is -0.615. The van der Waals surface area contributed by atoms with Gasteiger partial charge in [0, 0.05) is 23.2 Å². The SMILES string of the molecule is CNC(=O)CONCc1cc(C(=O)NOCCO)c(NC2=C(F)C=IC=C2)c(F)c1F. The van der Waals surface area contributed by atoms with Gasteiger partial charge >= 0.3 is 0 Å². The molecule has 0 bridgehead atoms. The molecule has 0 atom stereocenters. The van der Waals surface area contributed by atoms with Gasteiger partial charge in [0.1, 0.15) is 6.61 Å². The molecule has 9 nitrogen and oxygen atoms in total. The molecule has 170 valence electrons. The van der Waals surface area contributed by atoms with Gasteiger partial charge in [0.15, 0.2) is 17.5 Å². The van der Waals surface area contributed by atoms with Crippen LogP contribution >= 0.6 is 20.7 Å². The molecule has 1 aromatic rings. The van der Waals surface area contributed by atoms with Gasteiger partial charge in [-0.2, -0.15) is 5.48 Å². The number of carbonyl (C=O) groups is 2. The summed E-state index contributed by atoms with van der Waals surface area (Å²) < 4.78 is 46.5. The van der Waals surface area contributed by atoms with Crippen LogP contribution in [-0.4, -0.2) is 47.8 Å². The minimum atomic E-state index is -1.42. The van der Waals surface area contributed by atoms with Gasteiger partial charge in [0.2, 0.25) is 5.91 Å². The Hall–Kier alpha value is -2.33. The molecule has 0 saturated heterocycles. The summed E-state index contributed by atoms with van der Waals surface area (Å²) in [7, 11) is 1.40. The maximum atomic E-state index is 14.8. The highest BCUT2D eigenvalue weighted by Crippen LogP contribution is 2.29. The lowest BCUT2D eigenvalue weighted by atomic mass is 10.1. The molecule has 0 fully saturated rings. The average molecular weight is 556 g/mol. The van der Waals surface area contributed by atoms with E-state index in [1.54, 1.807) is 4.08 Å². The van der Waals surface area contributed by atoms with Crippen molar-refractivity contribution in [2.24, 2.45) is 0 Å². The largest absolute Gasteiger partial charge is 0.394 e. The maximum Gasteiger partial charge on any atom is 0.277 e. The number of likely N-dealkylation sites (N-methyl/N-ethyl adjacent to an activating group) is 1. The molecular formula is C18H20F3IN4O5. The molecule has 0 aliphatic carbocycles. The standard InChI is InChI=1S/C18H20F3IN4O5/c1-23-14(28)9-31-24-8-10-6-11(18(29)26-30-5-4-27)17(16(21)15(10)20)25-13-2-3-22-7-12(13)19/h2-3,6-7,24-25,27H,4-5,8-9H2,1H3,(H,23,28)(H,26,29). The van der Waals surface area contributed by atoms with E-state index in [0.717, 1.165) is 6.07 Å². The summed E-state index contributed by atoms with van der Waals surface area (Å²) in [4.78, 5) is 33.2. The van der Waals surface area contributed by atoms with Crippen LogP contribution in [0.1, 0.15) is 15.9 Å². The highest BCUT2D eigenvalue weighted by Gasteiger charge is 2.24. The Bertz CT molecular complexity index is 924. The van der Waals surface area contributed by atoms with Gasteiger partial charge < -0.3 is 15.7 Å². The first-order valence-electron chi connectivity index (χ1n) is 8.76. The lowest BCUT2D eigenvalue weighted by molar-refractivity contribution is -0.128. The Kier molecular flexibility index (Phi) is 10.1. The second kappa shape index (κ2) is 12.5. The summed E-state index contributed by atoms with van der Waals surface area (Å²) in [5.74, 6) is -4.78. The van der Waals surface area contributed by atoms with E-state index in [1.807, 2.05) is 5.48 Å². The monoisotopic (exact) mass is 556 g/mol. The summed E-state index contributed by atoms with van der Waals surface area (Å²) in [5.41, 5.74) is 2.88. The van der Waals surface area contributed by atoms with E-state index in [9.17, 15) is 22.8 Å². The summed E-state index contributed by atoms with van der Waals surface area (Å²) in [5, 5.41) is 13.5. The van der Waals surface area contributed by atoms with E-state index in [0.29, 0.717) is 0 Å². The fourth-order valence-electron chi connectivity index (χ4n) is 2.21. The first kappa shape index (κ1) is 24.9. The number of hydrogen-bond acceptors (Lipinski definition) is 7. The Morgan fingerprint density at radius 3 is 2.65 bits per heavy atom. The number of anilines is 1. The number of carbonyl (C=O) groups excluding carboxylic acids is 2. The molecule has 31 heavy (non-hydrogen) atoms. The lowest BCUT2D eigenvalue weighted by Gasteiger charge is -2.17. The first-order valence-corrected chi connectivity index (χ1v) is 11.3. The number of hydroxylamine groups is 2. The zero-order valence-corrected chi connectivity index (χ0v) is 18.4. The van der Waals surface area contributed by atoms with E-state index >= 15 is 0 Å². The van der Waals surface area contributed by atoms with Crippen molar-refractivity contribution in [1.82, 2.24) is 16.3 Å². The van der Waals surface area contributed by atoms with Gasteiger partial charge in [0.05, 0.1) is 30.2 Å². The van der Waals surface area contributed by atoms with Crippen LogP contribution in [0.4, 0.5) is 18.9 Å². The van der Waals surface area contributed by atoms with Crippen molar-refractivity contribution in [3.05, 3.63) is 50.5 Å². The number of amides is 2. The number of allylic oxidation sites excluding steroid dienone is 2. The molecule has 5 N–H and O–H groups in total. The van der Waals surface area contributed by atoms with E-state index in [-0.39, 0.29) is 43.2 Å². The van der Waals surface area contributed by atoms with Gasteiger partial charge in [0.25, 0.3) is 5.91 Å². The fraction of sp³-hybridized carbons (Fsp3) is 0.278. The van der Waals surface area contributed by atoms with Crippen LogP contribution in [0.5, 0.6) is 0 Å². The first-order chi connectivity index (χ1) is 14.9. The van der Waals surface area contributed by atoms with Crippen molar-refractivity contribution < 1.29 is 37.5 Å². The zero-order chi connectivity index (χ0) is 22.8. The molecule has 1 aromatic carbocycles. The van der Waals surface area contributed by atoms with Crippen molar-refractivity contribution >= 4 is 42.2 Å². The molecule has 1 heterocycles. The molecule has 0 saturated carbocycles. The molecule has 2 rings (SSSR count). The zero-order valence-electron chi connectivity index (χ0n) is 16.2. The quantitative estimate of drug-likeness (QED) is 0.158. The number of hydrogen-bond donors (Lipinski definition) is 5. The lowest BCUT2D eigenvalue weighted by Crippen LogP contribution is -2.29. The smallest absolute Gasteiger partial charge is 0.277 e. The van der Waals surface area contributed by atoms with Crippen molar-refractivity contribution in [3.8, 4) is 0 Å². The number of nitrogens with one attached hydrogen (secondary N) is 4. The minimum absolute atomic E-state index is 0.130. The third-order valence-corrected chi connectivity index (χ3v) is 5.39. The molecule has 1 aliphatic rings.